The Morgan fingerprint density at radius 1 is 1.18 bits per heavy atom. The largest absolute Gasteiger partial charge is 0.356 e. The van der Waals surface area contributed by atoms with Crippen molar-refractivity contribution in [1.29, 1.82) is 0 Å². The van der Waals surface area contributed by atoms with Crippen LogP contribution in [0.4, 0.5) is 17.6 Å². The van der Waals surface area contributed by atoms with Gasteiger partial charge in [0.05, 0.1) is 18.3 Å². The molecule has 1 aliphatic carbocycles. The quantitative estimate of drug-likeness (QED) is 0.353. The second kappa shape index (κ2) is 10.9. The first-order chi connectivity index (χ1) is 19.0. The van der Waals surface area contributed by atoms with Gasteiger partial charge in [-0.3, -0.25) is 14.4 Å². The van der Waals surface area contributed by atoms with Crippen LogP contribution in [0.15, 0.2) is 54.7 Å². The molecule has 5 rings (SSSR count). The van der Waals surface area contributed by atoms with Gasteiger partial charge in [0.25, 0.3) is 0 Å². The Bertz CT molecular complexity index is 1320. The van der Waals surface area contributed by atoms with E-state index in [2.05, 4.69) is 15.6 Å². The highest BCUT2D eigenvalue weighted by Gasteiger charge is 2.47. The molecule has 3 N–H and O–H groups in total. The van der Waals surface area contributed by atoms with E-state index in [1.54, 1.807) is 30.3 Å². The highest BCUT2D eigenvalue weighted by molar-refractivity contribution is 5.90. The number of hydrogen-bond acceptors (Lipinski definition) is 6. The average molecular weight is 562 g/mol. The number of hydrogen-bond donors (Lipinski definition) is 3. The summed E-state index contributed by atoms with van der Waals surface area (Å²) in [6.07, 6.45) is -1.80. The summed E-state index contributed by atoms with van der Waals surface area (Å²) in [6.45, 7) is -0.772. The van der Waals surface area contributed by atoms with Gasteiger partial charge in [-0.05, 0) is 17.5 Å². The number of alkyl halides is 3. The van der Waals surface area contributed by atoms with Crippen LogP contribution in [0.2, 0.25) is 0 Å². The van der Waals surface area contributed by atoms with Gasteiger partial charge in [0.2, 0.25) is 35.9 Å². The zero-order valence-corrected chi connectivity index (χ0v) is 21.1. The number of carbonyl (C=O) groups is 3. The van der Waals surface area contributed by atoms with Gasteiger partial charge in [-0.15, -0.1) is 0 Å². The Hall–Kier alpha value is -4.00. The number of carbonyl (C=O) groups excluding carboxylic acids is 3. The molecule has 1 aromatic carbocycles. The summed E-state index contributed by atoms with van der Waals surface area (Å²) in [5.41, 5.74) is 0.721. The summed E-state index contributed by atoms with van der Waals surface area (Å²) in [5, 5.41) is 15.0. The Morgan fingerprint density at radius 2 is 1.90 bits per heavy atom. The number of aromatic nitrogens is 1. The van der Waals surface area contributed by atoms with Crippen LogP contribution in [0.5, 0.6) is 0 Å². The summed E-state index contributed by atoms with van der Waals surface area (Å²) in [7, 11) is 0. The van der Waals surface area contributed by atoms with E-state index in [-0.39, 0.29) is 24.2 Å². The van der Waals surface area contributed by atoms with Crippen LogP contribution < -0.4 is 10.6 Å². The number of nitrogens with one attached hydrogen (secondary N) is 2. The van der Waals surface area contributed by atoms with E-state index < -0.39 is 79.5 Å². The summed E-state index contributed by atoms with van der Waals surface area (Å²) >= 11 is 0. The van der Waals surface area contributed by atoms with Crippen molar-refractivity contribution in [3.8, 4) is 0 Å². The SMILES string of the molecule is O=C1C=CN(CC(=O)N2C[C@H](F)C[C@H]2C(=O)N[C@@H](c2ccccc2)c2ccc(C3CC(F)(F)C3)c(F)n2)C(O)N1. The predicted molar refractivity (Wildman–Crippen MR) is 133 cm³/mol. The van der Waals surface area contributed by atoms with Gasteiger partial charge < -0.3 is 25.5 Å². The second-order valence-electron chi connectivity index (χ2n) is 10.2. The third-order valence-corrected chi connectivity index (χ3v) is 7.34. The van der Waals surface area contributed by atoms with Crippen molar-refractivity contribution in [2.45, 2.75) is 55.7 Å². The lowest BCUT2D eigenvalue weighted by Gasteiger charge is -2.35. The molecule has 212 valence electrons. The first-order valence-corrected chi connectivity index (χ1v) is 12.8. The summed E-state index contributed by atoms with van der Waals surface area (Å²) in [4.78, 5) is 44.0. The molecule has 2 fully saturated rings. The maximum atomic E-state index is 15.0. The molecule has 40 heavy (non-hydrogen) atoms. The molecule has 13 heteroatoms. The van der Waals surface area contributed by atoms with Crippen LogP contribution >= 0.6 is 0 Å². The van der Waals surface area contributed by atoms with E-state index in [0.29, 0.717) is 5.56 Å². The number of amides is 3. The molecule has 1 saturated heterocycles. The molecule has 3 heterocycles. The number of nitrogens with zero attached hydrogens (tertiary/aromatic N) is 3. The minimum Gasteiger partial charge on any atom is -0.356 e. The van der Waals surface area contributed by atoms with Gasteiger partial charge in [-0.2, -0.15) is 4.39 Å². The lowest BCUT2D eigenvalue weighted by Crippen LogP contribution is -2.54. The molecule has 1 aromatic heterocycles. The Kier molecular flexibility index (Phi) is 7.49. The van der Waals surface area contributed by atoms with Crippen molar-refractivity contribution in [1.82, 2.24) is 25.4 Å². The number of likely N-dealkylation sites (tertiary alicyclic amines) is 1. The normalized spacial score (nSPS) is 24.8. The van der Waals surface area contributed by atoms with Crippen LogP contribution in [0, 0.1) is 5.95 Å². The van der Waals surface area contributed by atoms with Gasteiger partial charge in [0, 0.05) is 37.1 Å². The Balaban J connectivity index is 1.35. The number of pyridine rings is 1. The molecular formula is C27H27F4N5O4. The monoisotopic (exact) mass is 561 g/mol. The third-order valence-electron chi connectivity index (χ3n) is 7.34. The second-order valence-corrected chi connectivity index (χ2v) is 10.2. The van der Waals surface area contributed by atoms with E-state index in [9.17, 15) is 37.1 Å². The van der Waals surface area contributed by atoms with Gasteiger partial charge in [-0.1, -0.05) is 36.4 Å². The fraction of sp³-hybridized carbons (Fsp3) is 0.407. The standard InChI is InChI=1S/C27H27F4N5O4/c28-17-10-20(36(13-17)22(38)14-35-9-8-21(37)33-26(35)40)25(39)34-23(15-4-2-1-3-5-15)19-7-6-18(24(29)32-19)16-11-27(30,31)12-16/h1-9,16-17,20,23,26,40H,10-14H2,(H,33,37)(H,34,39)/t17-,20+,23+,26?/m1/s1. The molecule has 0 spiro atoms. The van der Waals surface area contributed by atoms with Gasteiger partial charge in [0.15, 0.2) is 0 Å². The van der Waals surface area contributed by atoms with Crippen LogP contribution in [-0.2, 0) is 14.4 Å². The topological polar surface area (TPSA) is 115 Å². The fourth-order valence-electron chi connectivity index (χ4n) is 5.22. The molecule has 1 saturated carbocycles. The lowest BCUT2D eigenvalue weighted by atomic mass is 9.77. The summed E-state index contributed by atoms with van der Waals surface area (Å²) < 4.78 is 56.1. The lowest BCUT2D eigenvalue weighted by molar-refractivity contribution is -0.142. The van der Waals surface area contributed by atoms with E-state index in [4.69, 9.17) is 0 Å². The molecular weight excluding hydrogens is 534 g/mol. The van der Waals surface area contributed by atoms with Crippen molar-refractivity contribution in [2.24, 2.45) is 0 Å². The van der Waals surface area contributed by atoms with E-state index in [0.717, 1.165) is 15.9 Å². The van der Waals surface area contributed by atoms with Gasteiger partial charge >= 0.3 is 0 Å². The summed E-state index contributed by atoms with van der Waals surface area (Å²) in [5.74, 6) is -6.28. The zero-order chi connectivity index (χ0) is 28.6. The number of aliphatic hydroxyl groups excluding tert-OH is 1. The van der Waals surface area contributed by atoms with Crippen molar-refractivity contribution >= 4 is 17.7 Å². The first-order valence-electron chi connectivity index (χ1n) is 12.8. The van der Waals surface area contributed by atoms with Gasteiger partial charge in [-0.25, -0.2) is 18.2 Å². The molecule has 1 unspecified atom stereocenters. The van der Waals surface area contributed by atoms with E-state index in [1.807, 2.05) is 0 Å². The minimum atomic E-state index is -2.83. The molecule has 2 aromatic rings. The Morgan fingerprint density at radius 3 is 2.55 bits per heavy atom. The van der Waals surface area contributed by atoms with Crippen LogP contribution in [0.1, 0.15) is 48.0 Å². The molecule has 4 atom stereocenters. The van der Waals surface area contributed by atoms with Crippen LogP contribution in [0.25, 0.3) is 0 Å². The highest BCUT2D eigenvalue weighted by Crippen LogP contribution is 2.48. The molecule has 3 amide bonds. The Labute approximate surface area is 226 Å². The smallest absolute Gasteiger partial charge is 0.249 e. The third kappa shape index (κ3) is 5.79. The number of benzene rings is 1. The average Bonchev–Trinajstić information content (AvgIpc) is 3.30. The van der Waals surface area contributed by atoms with E-state index >= 15 is 0 Å². The maximum Gasteiger partial charge on any atom is 0.249 e. The fourth-order valence-corrected chi connectivity index (χ4v) is 5.22. The zero-order valence-electron chi connectivity index (χ0n) is 21.1. The minimum absolute atomic E-state index is 0.0748. The van der Waals surface area contributed by atoms with Crippen molar-refractivity contribution in [3.05, 3.63) is 77.5 Å². The molecule has 2 aliphatic heterocycles. The van der Waals surface area contributed by atoms with Crippen molar-refractivity contribution in [2.75, 3.05) is 13.1 Å². The summed E-state index contributed by atoms with van der Waals surface area (Å²) in [6, 6.07) is 9.18. The maximum absolute atomic E-state index is 15.0. The number of aliphatic hydroxyl groups is 1. The van der Waals surface area contributed by atoms with Crippen molar-refractivity contribution in [3.63, 3.8) is 0 Å². The molecule has 3 aliphatic rings. The number of halogens is 4. The highest BCUT2D eigenvalue weighted by atomic mass is 19.3. The van der Waals surface area contributed by atoms with Crippen LogP contribution in [-0.4, -0.2) is 75.2 Å². The first kappa shape index (κ1) is 27.6. The molecule has 9 nitrogen and oxygen atoms in total. The van der Waals surface area contributed by atoms with Gasteiger partial charge in [0.1, 0.15) is 18.8 Å². The van der Waals surface area contributed by atoms with Crippen molar-refractivity contribution < 1.29 is 37.1 Å². The molecule has 0 radical (unpaired) electrons. The number of rotatable bonds is 7. The molecule has 0 bridgehead atoms. The van der Waals surface area contributed by atoms with E-state index in [1.165, 1.54) is 18.3 Å². The van der Waals surface area contributed by atoms with Crippen LogP contribution in [0.3, 0.4) is 0 Å². The predicted octanol–water partition coefficient (Wildman–Crippen LogP) is 2.10.